The minimum Gasteiger partial charge on any atom is -0.497 e. The molecule has 1 aromatic heterocycles. The molecule has 0 bridgehead atoms. The molecule has 1 saturated carbocycles. The van der Waals surface area contributed by atoms with Crippen molar-refractivity contribution in [2.45, 2.75) is 31.7 Å². The Labute approximate surface area is 182 Å². The van der Waals surface area contributed by atoms with Gasteiger partial charge in [0.15, 0.2) is 0 Å². The van der Waals surface area contributed by atoms with Crippen molar-refractivity contribution in [2.75, 3.05) is 27.3 Å². The van der Waals surface area contributed by atoms with Gasteiger partial charge >= 0.3 is 0 Å². The van der Waals surface area contributed by atoms with Crippen molar-refractivity contribution in [3.8, 4) is 11.5 Å². The van der Waals surface area contributed by atoms with E-state index in [-0.39, 0.29) is 23.7 Å². The number of aryl methyl sites for hydroxylation is 1. The molecule has 2 amide bonds. The summed E-state index contributed by atoms with van der Waals surface area (Å²) in [5.74, 6) is 2.36. The first-order valence-corrected chi connectivity index (χ1v) is 10.8. The van der Waals surface area contributed by atoms with Crippen molar-refractivity contribution >= 4 is 11.8 Å². The van der Waals surface area contributed by atoms with E-state index in [1.54, 1.807) is 26.5 Å². The Morgan fingerprint density at radius 3 is 2.19 bits per heavy atom. The zero-order valence-corrected chi connectivity index (χ0v) is 18.3. The average molecular weight is 427 g/mol. The molecular weight excluding hydrogens is 396 g/mol. The van der Waals surface area contributed by atoms with Crippen LogP contribution in [-0.2, 0) is 16.6 Å². The highest BCUT2D eigenvalue weighted by molar-refractivity contribution is 5.82. The molecule has 2 aromatic rings. The van der Waals surface area contributed by atoms with E-state index < -0.39 is 6.04 Å². The van der Waals surface area contributed by atoms with Gasteiger partial charge in [-0.05, 0) is 43.4 Å². The molecule has 0 radical (unpaired) electrons. The lowest BCUT2D eigenvalue weighted by Crippen LogP contribution is -2.44. The summed E-state index contributed by atoms with van der Waals surface area (Å²) in [7, 11) is 5.11. The molecule has 4 rings (SSSR count). The van der Waals surface area contributed by atoms with Crippen molar-refractivity contribution in [2.24, 2.45) is 18.9 Å². The van der Waals surface area contributed by atoms with Gasteiger partial charge in [0.25, 0.3) is 0 Å². The first kappa shape index (κ1) is 21.2. The summed E-state index contributed by atoms with van der Waals surface area (Å²) in [4.78, 5) is 31.9. The van der Waals surface area contributed by atoms with E-state index in [0.29, 0.717) is 37.4 Å². The number of amides is 2. The number of methoxy groups -OCH3 is 2. The number of hydrogen-bond acceptors (Lipinski definition) is 5. The molecule has 1 aliphatic heterocycles. The molecule has 8 heteroatoms. The Kier molecular flexibility index (Phi) is 6.15. The lowest BCUT2D eigenvalue weighted by Gasteiger charge is -2.32. The van der Waals surface area contributed by atoms with Gasteiger partial charge in [-0.2, -0.15) is 0 Å². The molecule has 1 atom stereocenters. The highest BCUT2D eigenvalue weighted by Crippen LogP contribution is 2.33. The molecule has 1 saturated heterocycles. The zero-order chi connectivity index (χ0) is 22.0. The van der Waals surface area contributed by atoms with Crippen LogP contribution in [0.25, 0.3) is 0 Å². The topological polar surface area (TPSA) is 85.7 Å². The molecule has 2 fully saturated rings. The Hall–Kier alpha value is -3.03. The molecule has 8 nitrogen and oxygen atoms in total. The summed E-state index contributed by atoms with van der Waals surface area (Å²) >= 11 is 0. The summed E-state index contributed by atoms with van der Waals surface area (Å²) in [6.07, 6.45) is 6.95. The predicted molar refractivity (Wildman–Crippen MR) is 115 cm³/mol. The van der Waals surface area contributed by atoms with E-state index >= 15 is 0 Å². The number of ether oxygens (including phenoxy) is 2. The minimum atomic E-state index is -0.442. The van der Waals surface area contributed by atoms with Crippen LogP contribution in [0.15, 0.2) is 30.6 Å². The molecule has 2 heterocycles. The third kappa shape index (κ3) is 4.68. The lowest BCUT2D eigenvalue weighted by atomic mass is 9.94. The van der Waals surface area contributed by atoms with Crippen LogP contribution in [0, 0.1) is 11.8 Å². The van der Waals surface area contributed by atoms with Crippen molar-refractivity contribution < 1.29 is 19.1 Å². The molecule has 0 unspecified atom stereocenters. The van der Waals surface area contributed by atoms with Crippen molar-refractivity contribution in [1.29, 1.82) is 0 Å². The first-order chi connectivity index (χ1) is 15.0. The van der Waals surface area contributed by atoms with E-state index in [1.807, 2.05) is 34.8 Å². The second kappa shape index (κ2) is 8.99. The van der Waals surface area contributed by atoms with Crippen molar-refractivity contribution in [3.63, 3.8) is 0 Å². The lowest BCUT2D eigenvalue weighted by molar-refractivity contribution is -0.136. The Morgan fingerprint density at radius 1 is 1.03 bits per heavy atom. The monoisotopic (exact) mass is 426 g/mol. The van der Waals surface area contributed by atoms with Gasteiger partial charge in [-0.3, -0.25) is 9.59 Å². The third-order valence-corrected chi connectivity index (χ3v) is 6.21. The van der Waals surface area contributed by atoms with Crippen LogP contribution in [0.4, 0.5) is 0 Å². The first-order valence-electron chi connectivity index (χ1n) is 10.8. The van der Waals surface area contributed by atoms with Crippen LogP contribution >= 0.6 is 0 Å². The fourth-order valence-electron chi connectivity index (χ4n) is 4.16. The van der Waals surface area contributed by atoms with E-state index in [2.05, 4.69) is 10.3 Å². The second-order valence-electron chi connectivity index (χ2n) is 8.36. The van der Waals surface area contributed by atoms with Crippen LogP contribution in [0.1, 0.15) is 43.1 Å². The molecule has 1 aliphatic carbocycles. The summed E-state index contributed by atoms with van der Waals surface area (Å²) in [6.45, 7) is 1.29. The number of imidazole rings is 1. The normalized spacial score (nSPS) is 17.8. The highest BCUT2D eigenvalue weighted by atomic mass is 16.5. The minimum absolute atomic E-state index is 0.0201. The number of carbonyl (C=O) groups is 2. The number of nitrogens with one attached hydrogen (secondary N) is 1. The summed E-state index contributed by atoms with van der Waals surface area (Å²) < 4.78 is 12.7. The molecule has 0 spiro atoms. The number of piperidine rings is 1. The number of rotatable bonds is 7. The largest absolute Gasteiger partial charge is 0.497 e. The zero-order valence-electron chi connectivity index (χ0n) is 18.3. The Bertz CT molecular complexity index is 923. The van der Waals surface area contributed by atoms with E-state index in [0.717, 1.165) is 24.2 Å². The maximum absolute atomic E-state index is 13.2. The van der Waals surface area contributed by atoms with Gasteiger partial charge in [0, 0.05) is 50.4 Å². The number of likely N-dealkylation sites (tertiary alicyclic amines) is 1. The Morgan fingerprint density at radius 2 is 1.68 bits per heavy atom. The molecule has 1 N–H and O–H groups in total. The third-order valence-electron chi connectivity index (χ3n) is 6.21. The van der Waals surface area contributed by atoms with Gasteiger partial charge in [0.05, 0.1) is 14.2 Å². The smallest absolute Gasteiger partial charge is 0.225 e. The fourth-order valence-corrected chi connectivity index (χ4v) is 4.16. The van der Waals surface area contributed by atoms with E-state index in [9.17, 15) is 9.59 Å². The summed E-state index contributed by atoms with van der Waals surface area (Å²) in [5.41, 5.74) is 0.834. The summed E-state index contributed by atoms with van der Waals surface area (Å²) in [5, 5.41) is 3.19. The number of aromatic nitrogens is 2. The van der Waals surface area contributed by atoms with Gasteiger partial charge in [-0.25, -0.2) is 4.98 Å². The highest BCUT2D eigenvalue weighted by Gasteiger charge is 2.36. The SMILES string of the molecule is COc1cc(OC)cc([C@H](NC(=O)C2CCN(C(=O)C3CC3)CC2)c2nccn2C)c1. The molecule has 2 aliphatic rings. The maximum atomic E-state index is 13.2. The van der Waals surface area contributed by atoms with E-state index in [1.165, 1.54) is 0 Å². The van der Waals surface area contributed by atoms with Gasteiger partial charge < -0.3 is 24.3 Å². The second-order valence-corrected chi connectivity index (χ2v) is 8.36. The number of hydrogen-bond donors (Lipinski definition) is 1. The fraction of sp³-hybridized carbons (Fsp3) is 0.522. The van der Waals surface area contributed by atoms with Gasteiger partial charge in [-0.1, -0.05) is 0 Å². The Balaban J connectivity index is 1.51. The predicted octanol–water partition coefficient (Wildman–Crippen LogP) is 2.29. The van der Waals surface area contributed by atoms with Crippen LogP contribution in [0.2, 0.25) is 0 Å². The summed E-state index contributed by atoms with van der Waals surface area (Å²) in [6, 6.07) is 5.13. The van der Waals surface area contributed by atoms with Crippen molar-refractivity contribution in [1.82, 2.24) is 19.8 Å². The number of nitrogens with zero attached hydrogens (tertiary/aromatic N) is 3. The molecule has 166 valence electrons. The molecule has 31 heavy (non-hydrogen) atoms. The quantitative estimate of drug-likeness (QED) is 0.734. The maximum Gasteiger partial charge on any atom is 0.225 e. The van der Waals surface area contributed by atoms with Crippen LogP contribution in [0.3, 0.4) is 0 Å². The van der Waals surface area contributed by atoms with Gasteiger partial charge in [-0.15, -0.1) is 0 Å². The van der Waals surface area contributed by atoms with Crippen molar-refractivity contribution in [3.05, 3.63) is 42.0 Å². The molecule has 1 aromatic carbocycles. The van der Waals surface area contributed by atoms with Crippen LogP contribution in [0.5, 0.6) is 11.5 Å². The average Bonchev–Trinajstić information content (AvgIpc) is 3.57. The van der Waals surface area contributed by atoms with Crippen LogP contribution in [-0.4, -0.2) is 53.6 Å². The van der Waals surface area contributed by atoms with Gasteiger partial charge in [0.1, 0.15) is 23.4 Å². The molecular formula is C23H30N4O4. The standard InChI is InChI=1S/C23H30N4O4/c1-26-11-8-24-21(26)20(17-12-18(30-2)14-19(13-17)31-3)25-22(28)15-6-9-27(10-7-15)23(29)16-4-5-16/h8,11-16,20H,4-7,9-10H2,1-3H3,(H,25,28)/t20-/m0/s1. The number of benzene rings is 1. The van der Waals surface area contributed by atoms with Crippen LogP contribution < -0.4 is 14.8 Å². The van der Waals surface area contributed by atoms with Gasteiger partial charge in [0.2, 0.25) is 11.8 Å². The number of carbonyl (C=O) groups excluding carboxylic acids is 2. The van der Waals surface area contributed by atoms with E-state index in [4.69, 9.17) is 9.47 Å².